The van der Waals surface area contributed by atoms with Crippen LogP contribution < -0.4 is 5.32 Å². The molecule has 0 aromatic heterocycles. The topological polar surface area (TPSA) is 67.6 Å². The molecule has 1 saturated carbocycles. The molecule has 1 aromatic carbocycles. The maximum atomic E-state index is 11.7. The first-order chi connectivity index (χ1) is 12.6. The van der Waals surface area contributed by atoms with E-state index in [2.05, 4.69) is 23.3 Å². The standard InChI is InChI=1S/C20H29N3O3/c1-22-9-7-20-6-4-3-5-15(20)18(22)11-14-12-19(23(24)25)17(13-16(14)20)21-8-10-26-2/h12-13,15,18,21H,3-11H2,1-2H3/t15-,18+,20+/m0/s1. The Balaban J connectivity index is 1.80. The lowest BCUT2D eigenvalue weighted by Crippen LogP contribution is -2.59. The second kappa shape index (κ2) is 6.82. The third-order valence-corrected chi connectivity index (χ3v) is 7.04. The molecule has 26 heavy (non-hydrogen) atoms. The molecule has 2 fully saturated rings. The van der Waals surface area contributed by atoms with E-state index in [1.54, 1.807) is 7.11 Å². The number of benzene rings is 1. The fourth-order valence-electron chi connectivity index (χ4n) is 5.82. The van der Waals surface area contributed by atoms with Crippen molar-refractivity contribution in [2.24, 2.45) is 5.92 Å². The molecule has 0 amide bonds. The Morgan fingerprint density at radius 1 is 1.38 bits per heavy atom. The highest BCUT2D eigenvalue weighted by Crippen LogP contribution is 2.56. The molecule has 2 aliphatic carbocycles. The normalized spacial score (nSPS) is 30.4. The number of nitro groups is 1. The Hall–Kier alpha value is -1.66. The van der Waals surface area contributed by atoms with Crippen molar-refractivity contribution < 1.29 is 9.66 Å². The van der Waals surface area contributed by atoms with Crippen LogP contribution in [0.4, 0.5) is 11.4 Å². The van der Waals surface area contributed by atoms with Crippen LogP contribution >= 0.6 is 0 Å². The van der Waals surface area contributed by atoms with Gasteiger partial charge in [-0.2, -0.15) is 0 Å². The number of rotatable bonds is 5. The second-order valence-corrected chi connectivity index (χ2v) is 8.21. The average molecular weight is 359 g/mol. The molecular formula is C20H29N3O3. The van der Waals surface area contributed by atoms with Gasteiger partial charge in [-0.15, -0.1) is 0 Å². The molecular weight excluding hydrogens is 330 g/mol. The molecule has 1 heterocycles. The van der Waals surface area contributed by atoms with Crippen LogP contribution in [-0.4, -0.2) is 49.7 Å². The van der Waals surface area contributed by atoms with Crippen LogP contribution in [0.5, 0.6) is 0 Å². The number of likely N-dealkylation sites (N-methyl/N-ethyl adjacent to an activating group) is 1. The summed E-state index contributed by atoms with van der Waals surface area (Å²) >= 11 is 0. The van der Waals surface area contributed by atoms with Crippen LogP contribution in [0.1, 0.15) is 43.2 Å². The summed E-state index contributed by atoms with van der Waals surface area (Å²) in [4.78, 5) is 13.9. The molecule has 1 aromatic rings. The number of piperidine rings is 1. The lowest BCUT2D eigenvalue weighted by molar-refractivity contribution is -0.384. The molecule has 1 aliphatic heterocycles. The van der Waals surface area contributed by atoms with Crippen molar-refractivity contribution in [3.63, 3.8) is 0 Å². The molecule has 1 N–H and O–H groups in total. The third-order valence-electron chi connectivity index (χ3n) is 7.04. The summed E-state index contributed by atoms with van der Waals surface area (Å²) < 4.78 is 5.10. The number of fused-ring (bicyclic) bond motifs is 1. The summed E-state index contributed by atoms with van der Waals surface area (Å²) in [6, 6.07) is 4.50. The van der Waals surface area contributed by atoms with E-state index >= 15 is 0 Å². The molecule has 6 heteroatoms. The predicted molar refractivity (Wildman–Crippen MR) is 102 cm³/mol. The Morgan fingerprint density at radius 3 is 3.00 bits per heavy atom. The number of nitro benzene ring substituents is 1. The average Bonchev–Trinajstić information content (AvgIpc) is 2.64. The molecule has 0 unspecified atom stereocenters. The summed E-state index contributed by atoms with van der Waals surface area (Å²) in [5.74, 6) is 0.691. The van der Waals surface area contributed by atoms with E-state index in [9.17, 15) is 10.1 Å². The van der Waals surface area contributed by atoms with Crippen LogP contribution in [0.2, 0.25) is 0 Å². The van der Waals surface area contributed by atoms with E-state index in [1.807, 2.05) is 6.07 Å². The van der Waals surface area contributed by atoms with Gasteiger partial charge in [-0.1, -0.05) is 12.8 Å². The molecule has 0 spiro atoms. The van der Waals surface area contributed by atoms with E-state index in [0.29, 0.717) is 30.8 Å². The van der Waals surface area contributed by atoms with Gasteiger partial charge in [-0.05, 0) is 62.4 Å². The SMILES string of the molecule is COCCNc1cc2c(cc1[N+](=O)[O-])C[C@@H]1[C@@H]3CCCC[C@]23CCN1C. The van der Waals surface area contributed by atoms with Crippen molar-refractivity contribution in [2.45, 2.75) is 50.0 Å². The largest absolute Gasteiger partial charge is 0.383 e. The van der Waals surface area contributed by atoms with E-state index in [0.717, 1.165) is 13.0 Å². The number of methoxy groups -OCH3 is 1. The van der Waals surface area contributed by atoms with Gasteiger partial charge in [0.25, 0.3) is 5.69 Å². The van der Waals surface area contributed by atoms with Gasteiger partial charge >= 0.3 is 0 Å². The predicted octanol–water partition coefficient (Wildman–Crippen LogP) is 3.34. The summed E-state index contributed by atoms with van der Waals surface area (Å²) in [5, 5.41) is 14.9. The quantitative estimate of drug-likeness (QED) is 0.496. The van der Waals surface area contributed by atoms with Crippen molar-refractivity contribution in [3.8, 4) is 0 Å². The number of likely N-dealkylation sites (tertiary alicyclic amines) is 1. The highest BCUT2D eigenvalue weighted by atomic mass is 16.6. The van der Waals surface area contributed by atoms with Crippen LogP contribution in [0.15, 0.2) is 12.1 Å². The van der Waals surface area contributed by atoms with Gasteiger partial charge in [0.05, 0.1) is 11.5 Å². The van der Waals surface area contributed by atoms with Crippen LogP contribution in [0.25, 0.3) is 0 Å². The third kappa shape index (κ3) is 2.70. The minimum atomic E-state index is -0.250. The van der Waals surface area contributed by atoms with Gasteiger partial charge < -0.3 is 15.0 Å². The molecule has 3 atom stereocenters. The zero-order chi connectivity index (χ0) is 18.3. The molecule has 2 bridgehead atoms. The summed E-state index contributed by atoms with van der Waals surface area (Å²) in [5.41, 5.74) is 3.66. The van der Waals surface area contributed by atoms with E-state index in [-0.39, 0.29) is 16.0 Å². The van der Waals surface area contributed by atoms with Gasteiger partial charge in [0, 0.05) is 31.2 Å². The molecule has 1 saturated heterocycles. The molecule has 4 rings (SSSR count). The lowest BCUT2D eigenvalue weighted by Gasteiger charge is -2.58. The highest BCUT2D eigenvalue weighted by molar-refractivity contribution is 5.66. The van der Waals surface area contributed by atoms with Gasteiger partial charge in [-0.25, -0.2) is 0 Å². The van der Waals surface area contributed by atoms with E-state index in [4.69, 9.17) is 4.74 Å². The number of hydrogen-bond donors (Lipinski definition) is 1. The first-order valence-electron chi connectivity index (χ1n) is 9.81. The van der Waals surface area contributed by atoms with Crippen LogP contribution in [0.3, 0.4) is 0 Å². The summed E-state index contributed by atoms with van der Waals surface area (Å²) in [6.45, 7) is 2.25. The molecule has 142 valence electrons. The lowest BCUT2D eigenvalue weighted by atomic mass is 9.52. The first kappa shape index (κ1) is 17.7. The van der Waals surface area contributed by atoms with Crippen LogP contribution in [0, 0.1) is 16.0 Å². The monoisotopic (exact) mass is 359 g/mol. The minimum Gasteiger partial charge on any atom is -0.383 e. The summed E-state index contributed by atoms with van der Waals surface area (Å²) in [7, 11) is 3.87. The fourth-order valence-corrected chi connectivity index (χ4v) is 5.82. The Bertz CT molecular complexity index is 708. The Kier molecular flexibility index (Phi) is 4.65. The Morgan fingerprint density at radius 2 is 2.23 bits per heavy atom. The van der Waals surface area contributed by atoms with Crippen molar-refractivity contribution in [1.29, 1.82) is 0 Å². The number of ether oxygens (including phenoxy) is 1. The maximum absolute atomic E-state index is 11.7. The fraction of sp³-hybridized carbons (Fsp3) is 0.700. The van der Waals surface area contributed by atoms with Crippen LogP contribution in [-0.2, 0) is 16.6 Å². The number of nitrogens with one attached hydrogen (secondary N) is 1. The summed E-state index contributed by atoms with van der Waals surface area (Å²) in [6.07, 6.45) is 7.22. The van der Waals surface area contributed by atoms with Gasteiger partial charge in [0.1, 0.15) is 5.69 Å². The molecule has 0 radical (unpaired) electrons. The van der Waals surface area contributed by atoms with E-state index < -0.39 is 0 Å². The van der Waals surface area contributed by atoms with Crippen molar-refractivity contribution in [3.05, 3.63) is 33.4 Å². The highest BCUT2D eigenvalue weighted by Gasteiger charge is 2.53. The number of nitrogens with zero attached hydrogens (tertiary/aromatic N) is 2. The number of hydrogen-bond acceptors (Lipinski definition) is 5. The molecule has 3 aliphatic rings. The van der Waals surface area contributed by atoms with Crippen molar-refractivity contribution in [1.82, 2.24) is 4.90 Å². The first-order valence-corrected chi connectivity index (χ1v) is 9.81. The number of anilines is 1. The smallest absolute Gasteiger partial charge is 0.292 e. The minimum absolute atomic E-state index is 0.200. The van der Waals surface area contributed by atoms with Crippen molar-refractivity contribution >= 4 is 11.4 Å². The van der Waals surface area contributed by atoms with Crippen molar-refractivity contribution in [2.75, 3.05) is 39.2 Å². The zero-order valence-electron chi connectivity index (χ0n) is 15.8. The zero-order valence-corrected chi connectivity index (χ0v) is 15.8. The van der Waals surface area contributed by atoms with Gasteiger partial charge in [-0.3, -0.25) is 10.1 Å². The van der Waals surface area contributed by atoms with Gasteiger partial charge in [0.15, 0.2) is 0 Å². The second-order valence-electron chi connectivity index (χ2n) is 8.21. The molecule has 6 nitrogen and oxygen atoms in total. The Labute approximate surface area is 155 Å². The maximum Gasteiger partial charge on any atom is 0.292 e. The van der Waals surface area contributed by atoms with Gasteiger partial charge in [0.2, 0.25) is 0 Å². The van der Waals surface area contributed by atoms with E-state index in [1.165, 1.54) is 43.2 Å².